The van der Waals surface area contributed by atoms with Crippen molar-refractivity contribution in [3.05, 3.63) is 22.5 Å². The summed E-state index contributed by atoms with van der Waals surface area (Å²) in [6.45, 7) is 5.44. The van der Waals surface area contributed by atoms with Crippen LogP contribution in [0.5, 0.6) is 0 Å². The maximum Gasteiger partial charge on any atom is 0.434 e. The largest absolute Gasteiger partial charge is 0.434 e. The van der Waals surface area contributed by atoms with Gasteiger partial charge in [0.05, 0.1) is 5.54 Å². The van der Waals surface area contributed by atoms with Gasteiger partial charge in [0.25, 0.3) is 0 Å². The number of hydrogen-bond donors (Lipinski definition) is 3. The fraction of sp³-hybridized carbons (Fsp3) is 0.667. The molecule has 118 valence electrons. The minimum Gasteiger partial charge on any atom is -0.411 e. The molecule has 9 nitrogen and oxygen atoms in total. The molecule has 0 spiro atoms. The molecule has 0 aromatic carbocycles. The zero-order valence-corrected chi connectivity index (χ0v) is 12.5. The van der Waals surface area contributed by atoms with Crippen molar-refractivity contribution in [2.45, 2.75) is 32.4 Å². The van der Waals surface area contributed by atoms with Gasteiger partial charge in [-0.1, -0.05) is 10.1 Å². The first kappa shape index (κ1) is 17.1. The summed E-state index contributed by atoms with van der Waals surface area (Å²) in [6, 6.07) is 0. The highest BCUT2D eigenvalue weighted by atomic mass is 16.6. The summed E-state index contributed by atoms with van der Waals surface area (Å²) in [6.07, 6.45) is 3.75. The van der Waals surface area contributed by atoms with Gasteiger partial charge in [-0.2, -0.15) is 0 Å². The Morgan fingerprint density at radius 1 is 1.57 bits per heavy atom. The van der Waals surface area contributed by atoms with Crippen molar-refractivity contribution in [1.82, 2.24) is 20.2 Å². The Morgan fingerprint density at radius 3 is 2.86 bits per heavy atom. The maximum absolute atomic E-state index is 10.8. The number of nitrogens with one attached hydrogen (secondary N) is 2. The third kappa shape index (κ3) is 4.80. The summed E-state index contributed by atoms with van der Waals surface area (Å²) in [5.74, 6) is -0.276. The van der Waals surface area contributed by atoms with Crippen LogP contribution < -0.4 is 10.6 Å². The smallest absolute Gasteiger partial charge is 0.411 e. The molecule has 0 saturated carbocycles. The molecule has 1 rings (SSSR count). The molecule has 0 saturated heterocycles. The van der Waals surface area contributed by atoms with Crippen LogP contribution in [0.4, 0.5) is 5.95 Å². The molecule has 1 aromatic heterocycles. The van der Waals surface area contributed by atoms with Gasteiger partial charge in [0.2, 0.25) is 0 Å². The fourth-order valence-corrected chi connectivity index (χ4v) is 1.88. The Balaban J connectivity index is 2.73. The van der Waals surface area contributed by atoms with Crippen molar-refractivity contribution in [2.24, 2.45) is 5.16 Å². The highest BCUT2D eigenvalue weighted by Gasteiger charge is 2.28. The number of rotatable bonds is 9. The second-order valence-electron chi connectivity index (χ2n) is 5.17. The molecule has 3 N–H and O–H groups in total. The molecule has 9 heteroatoms. The van der Waals surface area contributed by atoms with Crippen molar-refractivity contribution in [3.8, 4) is 0 Å². The summed E-state index contributed by atoms with van der Waals surface area (Å²) in [5.41, 5.74) is -0.186. The zero-order chi connectivity index (χ0) is 15.9. The van der Waals surface area contributed by atoms with E-state index in [2.05, 4.69) is 20.8 Å². The van der Waals surface area contributed by atoms with E-state index in [0.717, 1.165) is 19.5 Å². The van der Waals surface area contributed by atoms with Gasteiger partial charge in [-0.15, -0.1) is 0 Å². The molecule has 0 amide bonds. The average molecular weight is 298 g/mol. The van der Waals surface area contributed by atoms with Crippen LogP contribution in [-0.4, -0.2) is 51.1 Å². The lowest BCUT2D eigenvalue weighted by Gasteiger charge is -2.26. The Kier molecular flexibility index (Phi) is 6.25. The Labute approximate surface area is 123 Å². The molecule has 21 heavy (non-hydrogen) atoms. The molecule has 0 unspecified atom stereocenters. The molecule has 0 aliphatic heterocycles. The molecule has 1 heterocycles. The van der Waals surface area contributed by atoms with Crippen LogP contribution in [0.1, 0.15) is 20.3 Å². The third-order valence-electron chi connectivity index (χ3n) is 3.19. The number of nitro groups is 1. The summed E-state index contributed by atoms with van der Waals surface area (Å²) in [5, 5.41) is 29.7. The van der Waals surface area contributed by atoms with Gasteiger partial charge in [-0.05, 0) is 45.3 Å². The summed E-state index contributed by atoms with van der Waals surface area (Å²) in [7, 11) is 1.88. The van der Waals surface area contributed by atoms with Crippen LogP contribution >= 0.6 is 0 Å². The number of aromatic nitrogens is 2. The monoisotopic (exact) mass is 298 g/mol. The van der Waals surface area contributed by atoms with Crippen LogP contribution in [0, 0.1) is 10.1 Å². The highest BCUT2D eigenvalue weighted by Crippen LogP contribution is 2.13. The van der Waals surface area contributed by atoms with Crippen LogP contribution in [0.15, 0.2) is 17.5 Å². The van der Waals surface area contributed by atoms with Gasteiger partial charge in [0.15, 0.2) is 0 Å². The SMILES string of the molecule is CNCCCNC(C)(C)/C(Cn1ccnc1[N+](=O)[O-])=N/O. The van der Waals surface area contributed by atoms with E-state index in [-0.39, 0.29) is 12.5 Å². The number of nitrogens with zero attached hydrogens (tertiary/aromatic N) is 4. The van der Waals surface area contributed by atoms with E-state index in [1.165, 1.54) is 17.0 Å². The Hall–Kier alpha value is -2.00. The van der Waals surface area contributed by atoms with E-state index in [9.17, 15) is 15.3 Å². The van der Waals surface area contributed by atoms with Crippen LogP contribution in [-0.2, 0) is 6.54 Å². The van der Waals surface area contributed by atoms with Gasteiger partial charge in [-0.3, -0.25) is 0 Å². The molecule has 0 atom stereocenters. The van der Waals surface area contributed by atoms with Crippen molar-refractivity contribution in [2.75, 3.05) is 20.1 Å². The average Bonchev–Trinajstić information content (AvgIpc) is 2.89. The topological polar surface area (TPSA) is 118 Å². The van der Waals surface area contributed by atoms with Gasteiger partial charge in [-0.25, -0.2) is 4.57 Å². The molecule has 1 aromatic rings. The van der Waals surface area contributed by atoms with Crippen LogP contribution in [0.2, 0.25) is 0 Å². The lowest BCUT2D eigenvalue weighted by atomic mass is 9.98. The molecule has 0 bridgehead atoms. The van der Waals surface area contributed by atoms with E-state index in [4.69, 9.17) is 0 Å². The highest BCUT2D eigenvalue weighted by molar-refractivity contribution is 5.92. The first-order chi connectivity index (χ1) is 9.92. The Bertz CT molecular complexity index is 497. The molecule has 0 aliphatic rings. The van der Waals surface area contributed by atoms with Gasteiger partial charge in [0, 0.05) is 0 Å². The fourth-order valence-electron chi connectivity index (χ4n) is 1.88. The van der Waals surface area contributed by atoms with Gasteiger partial charge in [0.1, 0.15) is 24.7 Å². The minimum atomic E-state index is -0.583. The first-order valence-electron chi connectivity index (χ1n) is 6.69. The lowest BCUT2D eigenvalue weighted by molar-refractivity contribution is -0.396. The van der Waals surface area contributed by atoms with E-state index >= 15 is 0 Å². The van der Waals surface area contributed by atoms with Gasteiger partial charge < -0.3 is 26.0 Å². The van der Waals surface area contributed by atoms with E-state index in [1.54, 1.807) is 0 Å². The number of imidazole rings is 1. The maximum atomic E-state index is 10.8. The normalized spacial score (nSPS) is 12.6. The van der Waals surface area contributed by atoms with Crippen molar-refractivity contribution < 1.29 is 10.1 Å². The molecular weight excluding hydrogens is 276 g/mol. The molecular formula is C12H22N6O3. The van der Waals surface area contributed by atoms with Crippen molar-refractivity contribution in [3.63, 3.8) is 0 Å². The number of oxime groups is 1. The first-order valence-corrected chi connectivity index (χ1v) is 6.69. The summed E-state index contributed by atoms with van der Waals surface area (Å²) >= 11 is 0. The predicted molar refractivity (Wildman–Crippen MR) is 78.7 cm³/mol. The van der Waals surface area contributed by atoms with Crippen molar-refractivity contribution >= 4 is 11.7 Å². The minimum absolute atomic E-state index is 0.0961. The third-order valence-corrected chi connectivity index (χ3v) is 3.19. The molecule has 0 aliphatic carbocycles. The summed E-state index contributed by atoms with van der Waals surface area (Å²) < 4.78 is 1.34. The van der Waals surface area contributed by atoms with E-state index in [1.807, 2.05) is 20.9 Å². The zero-order valence-electron chi connectivity index (χ0n) is 12.5. The Morgan fingerprint density at radius 2 is 2.29 bits per heavy atom. The van der Waals surface area contributed by atoms with E-state index in [0.29, 0.717) is 5.71 Å². The second-order valence-corrected chi connectivity index (χ2v) is 5.17. The molecule has 0 fully saturated rings. The van der Waals surface area contributed by atoms with Crippen molar-refractivity contribution in [1.29, 1.82) is 0 Å². The van der Waals surface area contributed by atoms with Crippen LogP contribution in [0.25, 0.3) is 0 Å². The summed E-state index contributed by atoms with van der Waals surface area (Å²) in [4.78, 5) is 13.9. The lowest BCUT2D eigenvalue weighted by Crippen LogP contribution is -2.49. The molecule has 0 radical (unpaired) electrons. The predicted octanol–water partition coefficient (Wildman–Crippen LogP) is 0.599. The van der Waals surface area contributed by atoms with Crippen LogP contribution in [0.3, 0.4) is 0 Å². The second kappa shape index (κ2) is 7.70. The van der Waals surface area contributed by atoms with E-state index < -0.39 is 10.5 Å². The standard InChI is InChI=1S/C12H22N6O3/c1-12(2,15-6-4-5-13-3)10(16-19)9-17-8-7-14-11(17)18(20)21/h7-8,13,15,19H,4-6,9H2,1-3H3/b16-10+. The van der Waals surface area contributed by atoms with Gasteiger partial charge >= 0.3 is 5.95 Å². The quantitative estimate of drug-likeness (QED) is 0.202. The number of hydrogen-bond acceptors (Lipinski definition) is 7.